The van der Waals surface area contributed by atoms with E-state index in [0.29, 0.717) is 30.2 Å². The number of pyridine rings is 1. The van der Waals surface area contributed by atoms with Gasteiger partial charge in [-0.2, -0.15) is 13.2 Å². The number of aliphatic carboxylic acids is 1. The fourth-order valence-corrected chi connectivity index (χ4v) is 4.98. The number of hydrogen-bond donors (Lipinski definition) is 3. The number of carboxylic acids is 1. The number of fused-ring (bicyclic) bond motifs is 1. The third-order valence-corrected chi connectivity index (χ3v) is 7.40. The van der Waals surface area contributed by atoms with Gasteiger partial charge in [0.1, 0.15) is 17.2 Å². The number of oxazole rings is 1. The summed E-state index contributed by atoms with van der Waals surface area (Å²) >= 11 is 0. The number of aromatic nitrogens is 3. The van der Waals surface area contributed by atoms with E-state index in [0.717, 1.165) is 59.6 Å². The summed E-state index contributed by atoms with van der Waals surface area (Å²) in [6.45, 7) is 4.26. The fourth-order valence-electron chi connectivity index (χ4n) is 4.98. The predicted molar refractivity (Wildman–Crippen MR) is 161 cm³/mol. The molecule has 13 heteroatoms. The minimum atomic E-state index is -5.08. The Balaban J connectivity index is 0.000000515. The molecule has 4 heterocycles. The average molecular weight is 626 g/mol. The van der Waals surface area contributed by atoms with Crippen LogP contribution in [-0.2, 0) is 11.2 Å². The normalized spacial score (nSPS) is 14.0. The zero-order valence-corrected chi connectivity index (χ0v) is 24.3. The van der Waals surface area contributed by atoms with Crippen molar-refractivity contribution >= 4 is 22.7 Å². The molecule has 3 N–H and O–H groups in total. The summed E-state index contributed by atoms with van der Waals surface area (Å²) in [7, 11) is 2.16. The Bertz CT molecular complexity index is 1740. The first-order valence-electron chi connectivity index (χ1n) is 14.2. The molecular weight excluding hydrogens is 594 g/mol. The largest absolute Gasteiger partial charge is 0.490 e. The minimum Gasteiger partial charge on any atom is -0.475 e. The molecule has 0 saturated carbocycles. The zero-order valence-electron chi connectivity index (χ0n) is 24.3. The van der Waals surface area contributed by atoms with Gasteiger partial charge in [-0.3, -0.25) is 0 Å². The van der Waals surface area contributed by atoms with Crippen molar-refractivity contribution in [2.45, 2.75) is 19.0 Å². The van der Waals surface area contributed by atoms with Crippen molar-refractivity contribution in [1.82, 2.24) is 19.9 Å². The highest BCUT2D eigenvalue weighted by Gasteiger charge is 2.38. The number of aliphatic hydroxyl groups is 1. The van der Waals surface area contributed by atoms with Crippen LogP contribution in [0.15, 0.2) is 71.3 Å². The number of piperazine rings is 1. The Labute approximate surface area is 255 Å². The molecule has 6 rings (SSSR count). The van der Waals surface area contributed by atoms with E-state index in [4.69, 9.17) is 19.3 Å². The zero-order chi connectivity index (χ0) is 32.1. The molecule has 1 aliphatic rings. The summed E-state index contributed by atoms with van der Waals surface area (Å²) in [6, 6.07) is 18.9. The van der Waals surface area contributed by atoms with Crippen molar-refractivity contribution in [2.75, 3.05) is 44.7 Å². The molecule has 9 nitrogen and oxygen atoms in total. The Hall–Kier alpha value is -4.75. The van der Waals surface area contributed by atoms with Gasteiger partial charge in [0.05, 0.1) is 0 Å². The van der Waals surface area contributed by atoms with Crippen molar-refractivity contribution in [3.8, 4) is 33.8 Å². The van der Waals surface area contributed by atoms with Crippen molar-refractivity contribution in [1.29, 1.82) is 0 Å². The first kappa shape index (κ1) is 31.7. The highest BCUT2D eigenvalue weighted by molar-refractivity contribution is 5.97. The summed E-state index contributed by atoms with van der Waals surface area (Å²) in [5.74, 6) is -1.92. The molecule has 0 bridgehead atoms. The van der Waals surface area contributed by atoms with E-state index in [9.17, 15) is 22.7 Å². The highest BCUT2D eigenvalue weighted by atomic mass is 19.4. The number of halogens is 4. The van der Waals surface area contributed by atoms with E-state index >= 15 is 0 Å². The van der Waals surface area contributed by atoms with Gasteiger partial charge in [-0.25, -0.2) is 19.2 Å². The monoisotopic (exact) mass is 625 g/mol. The minimum absolute atomic E-state index is 0.0534. The molecular formula is C32H31F4N5O4. The molecule has 5 aromatic rings. The quantitative estimate of drug-likeness (QED) is 0.189. The molecule has 0 aliphatic carbocycles. The number of carboxylic acid groups (broad SMARTS) is 1. The summed E-state index contributed by atoms with van der Waals surface area (Å²) < 4.78 is 51.6. The maximum Gasteiger partial charge on any atom is 0.490 e. The third kappa shape index (κ3) is 7.49. The Morgan fingerprint density at radius 2 is 1.64 bits per heavy atom. The van der Waals surface area contributed by atoms with Crippen LogP contribution in [0.5, 0.6) is 0 Å². The van der Waals surface area contributed by atoms with Crippen molar-refractivity contribution in [2.24, 2.45) is 0 Å². The lowest BCUT2D eigenvalue weighted by Gasteiger charge is -2.34. The number of aliphatic hydroxyl groups excluding tert-OH is 1. The maximum atomic E-state index is 13.6. The van der Waals surface area contributed by atoms with Gasteiger partial charge < -0.3 is 29.4 Å². The second-order valence-electron chi connectivity index (χ2n) is 10.6. The van der Waals surface area contributed by atoms with Gasteiger partial charge in [-0.1, -0.05) is 12.1 Å². The summed E-state index contributed by atoms with van der Waals surface area (Å²) in [5, 5.41) is 17.3. The molecule has 3 aromatic heterocycles. The van der Waals surface area contributed by atoms with E-state index in [-0.39, 0.29) is 12.4 Å². The lowest BCUT2D eigenvalue weighted by atomic mass is 10.0. The number of benzene rings is 2. The highest BCUT2D eigenvalue weighted by Crippen LogP contribution is 2.38. The number of aryl methyl sites for hydroxylation is 1. The molecule has 1 saturated heterocycles. The van der Waals surface area contributed by atoms with Crippen LogP contribution < -0.4 is 4.90 Å². The van der Waals surface area contributed by atoms with Gasteiger partial charge in [0, 0.05) is 73.3 Å². The van der Waals surface area contributed by atoms with Gasteiger partial charge in [0.15, 0.2) is 11.7 Å². The molecule has 2 aromatic carbocycles. The SMILES string of the molecule is CN1CCN(c2ccc(-c3cc4c(-c5oc(CCCO)nc5-c5ccc(F)cc5)ccnc4[nH]3)cc2)CC1.O=C(O)C(F)(F)F. The standard InChI is InChI=1S/C30H30FN5O2.C2HF3O2/c1-35-14-16-36(17-15-35)23-10-6-20(7-11-23)26-19-25-24(12-13-32-30(25)33-26)29-28(21-4-8-22(31)9-5-21)34-27(38-29)3-2-18-37;3-2(4,5)1(6)7/h4-13,19,37H,2-3,14-18H2,1H3,(H,32,33);(H,6,7). The van der Waals surface area contributed by atoms with Crippen LogP contribution in [0.2, 0.25) is 0 Å². The first-order valence-corrected chi connectivity index (χ1v) is 14.2. The number of aromatic amines is 1. The second kappa shape index (κ2) is 13.5. The van der Waals surface area contributed by atoms with Crippen molar-refractivity contribution < 1.29 is 37.0 Å². The van der Waals surface area contributed by atoms with E-state index in [1.807, 2.05) is 6.07 Å². The number of anilines is 1. The van der Waals surface area contributed by atoms with Crippen LogP contribution in [0.1, 0.15) is 12.3 Å². The number of likely N-dealkylation sites (N-methyl/N-ethyl adjacent to an activating group) is 1. The summed E-state index contributed by atoms with van der Waals surface area (Å²) in [5.41, 5.74) is 6.29. The molecule has 0 unspecified atom stereocenters. The Kier molecular flexibility index (Phi) is 9.49. The van der Waals surface area contributed by atoms with E-state index in [1.165, 1.54) is 17.8 Å². The summed E-state index contributed by atoms with van der Waals surface area (Å²) in [4.78, 5) is 26.4. The number of nitrogens with zero attached hydrogens (tertiary/aromatic N) is 4. The number of carbonyl (C=O) groups is 1. The summed E-state index contributed by atoms with van der Waals surface area (Å²) in [6.07, 6.45) is -2.28. The predicted octanol–water partition coefficient (Wildman–Crippen LogP) is 6.00. The maximum absolute atomic E-state index is 13.6. The van der Waals surface area contributed by atoms with Crippen LogP contribution in [0.3, 0.4) is 0 Å². The van der Waals surface area contributed by atoms with Gasteiger partial charge in [-0.05, 0) is 67.6 Å². The Morgan fingerprint density at radius 1 is 1.00 bits per heavy atom. The molecule has 0 amide bonds. The number of rotatable bonds is 7. The lowest BCUT2D eigenvalue weighted by Crippen LogP contribution is -2.44. The van der Waals surface area contributed by atoms with E-state index in [2.05, 4.69) is 57.1 Å². The van der Waals surface area contributed by atoms with Crippen LogP contribution in [0, 0.1) is 5.82 Å². The number of H-pyrrole nitrogens is 1. The van der Waals surface area contributed by atoms with Crippen LogP contribution in [0.25, 0.3) is 44.9 Å². The number of hydrogen-bond acceptors (Lipinski definition) is 7. The molecule has 0 atom stereocenters. The van der Waals surface area contributed by atoms with Gasteiger partial charge in [0.2, 0.25) is 0 Å². The van der Waals surface area contributed by atoms with Crippen LogP contribution in [0.4, 0.5) is 23.2 Å². The van der Waals surface area contributed by atoms with Gasteiger partial charge in [0.25, 0.3) is 0 Å². The van der Waals surface area contributed by atoms with Crippen LogP contribution >= 0.6 is 0 Å². The number of nitrogens with one attached hydrogen (secondary N) is 1. The molecule has 1 fully saturated rings. The number of alkyl halides is 3. The molecule has 0 radical (unpaired) electrons. The van der Waals surface area contributed by atoms with Crippen LogP contribution in [-0.4, -0.2) is 82.0 Å². The van der Waals surface area contributed by atoms with Gasteiger partial charge >= 0.3 is 12.1 Å². The first-order chi connectivity index (χ1) is 21.5. The van der Waals surface area contributed by atoms with E-state index in [1.54, 1.807) is 18.3 Å². The topological polar surface area (TPSA) is 119 Å². The molecule has 1 aliphatic heterocycles. The third-order valence-electron chi connectivity index (χ3n) is 7.40. The smallest absolute Gasteiger partial charge is 0.475 e. The van der Waals surface area contributed by atoms with Gasteiger partial charge in [-0.15, -0.1) is 0 Å². The molecule has 45 heavy (non-hydrogen) atoms. The fraction of sp³-hybridized carbons (Fsp3) is 0.281. The average Bonchev–Trinajstić information content (AvgIpc) is 3.66. The van der Waals surface area contributed by atoms with Crippen molar-refractivity contribution in [3.05, 3.63) is 78.6 Å². The van der Waals surface area contributed by atoms with E-state index < -0.39 is 12.1 Å². The lowest BCUT2D eigenvalue weighted by molar-refractivity contribution is -0.192. The molecule has 236 valence electrons. The molecule has 0 spiro atoms. The second-order valence-corrected chi connectivity index (χ2v) is 10.6. The Morgan fingerprint density at radius 3 is 2.27 bits per heavy atom. The van der Waals surface area contributed by atoms with Crippen molar-refractivity contribution in [3.63, 3.8) is 0 Å².